The fraction of sp³-hybridized carbons (Fsp3) is 0.125. The van der Waals surface area contributed by atoms with Crippen LogP contribution in [0, 0.1) is 0 Å². The van der Waals surface area contributed by atoms with Crippen LogP contribution in [0.15, 0.2) is 42.7 Å². The number of fused-ring (bicyclic) bond motifs is 1. The highest BCUT2D eigenvalue weighted by molar-refractivity contribution is 6.29. The second-order valence-electron chi connectivity index (χ2n) is 4.78. The minimum atomic E-state index is -0.607. The number of carbonyl (C=O) groups excluding carboxylic acids is 2. The lowest BCUT2D eigenvalue weighted by Gasteiger charge is -2.07. The number of pyridine rings is 2. The van der Waals surface area contributed by atoms with Crippen LogP contribution in [0.4, 0.5) is 5.82 Å². The van der Waals surface area contributed by atoms with Crippen molar-refractivity contribution in [2.24, 2.45) is 0 Å². The number of rotatable bonds is 4. The van der Waals surface area contributed by atoms with E-state index in [2.05, 4.69) is 15.3 Å². The molecule has 0 radical (unpaired) electrons. The maximum atomic E-state index is 12.4. The molecule has 0 bridgehead atoms. The maximum absolute atomic E-state index is 12.4. The largest absolute Gasteiger partial charge is 0.461 e. The van der Waals surface area contributed by atoms with Gasteiger partial charge in [0.25, 0.3) is 5.91 Å². The van der Waals surface area contributed by atoms with Crippen molar-refractivity contribution in [3.63, 3.8) is 0 Å². The molecule has 1 N–H and O–H groups in total. The summed E-state index contributed by atoms with van der Waals surface area (Å²) >= 11 is 5.81. The average molecular weight is 345 g/mol. The zero-order valence-corrected chi connectivity index (χ0v) is 13.4. The lowest BCUT2D eigenvalue weighted by Crippen LogP contribution is -2.17. The van der Waals surface area contributed by atoms with Crippen LogP contribution in [0.25, 0.3) is 5.65 Å². The number of nitrogens with zero attached hydrogens (tertiary/aromatic N) is 3. The van der Waals surface area contributed by atoms with Crippen molar-refractivity contribution in [2.75, 3.05) is 11.9 Å². The molecule has 0 aliphatic heterocycles. The first kappa shape index (κ1) is 15.9. The number of anilines is 1. The molecule has 0 aliphatic carbocycles. The number of hydrogen-bond donors (Lipinski definition) is 1. The van der Waals surface area contributed by atoms with Crippen LogP contribution in [-0.4, -0.2) is 32.9 Å². The van der Waals surface area contributed by atoms with Gasteiger partial charge >= 0.3 is 5.97 Å². The number of aromatic nitrogens is 3. The van der Waals surface area contributed by atoms with E-state index in [9.17, 15) is 9.59 Å². The molecule has 0 aromatic carbocycles. The Balaban J connectivity index is 2.02. The Labute approximate surface area is 142 Å². The van der Waals surface area contributed by atoms with Crippen molar-refractivity contribution < 1.29 is 14.3 Å². The van der Waals surface area contributed by atoms with E-state index < -0.39 is 11.9 Å². The third-order valence-corrected chi connectivity index (χ3v) is 3.43. The molecular weight excluding hydrogens is 332 g/mol. The number of imidazole rings is 1. The summed E-state index contributed by atoms with van der Waals surface area (Å²) in [6, 6.07) is 8.23. The number of amides is 1. The van der Waals surface area contributed by atoms with Gasteiger partial charge in [0, 0.05) is 18.0 Å². The molecular formula is C16H13ClN4O3. The van der Waals surface area contributed by atoms with Gasteiger partial charge in [0.2, 0.25) is 0 Å². The standard InChI is InChI=1S/C16H13ClN4O3/c1-2-24-16(23)13-14(21-8-4-3-5-12(21)19-13)20-15(22)10-6-7-18-11(17)9-10/h3-9H,2H2,1H3,(H,20,22). The van der Waals surface area contributed by atoms with Crippen molar-refractivity contribution in [1.82, 2.24) is 14.4 Å². The van der Waals surface area contributed by atoms with Gasteiger partial charge in [-0.3, -0.25) is 9.20 Å². The van der Waals surface area contributed by atoms with Crippen LogP contribution in [0.3, 0.4) is 0 Å². The molecule has 0 spiro atoms. The van der Waals surface area contributed by atoms with E-state index in [0.29, 0.717) is 11.2 Å². The molecule has 3 heterocycles. The minimum absolute atomic E-state index is 0.0385. The molecule has 0 saturated carbocycles. The molecule has 1 amide bonds. The molecule has 7 nitrogen and oxygen atoms in total. The second kappa shape index (κ2) is 6.67. The lowest BCUT2D eigenvalue weighted by molar-refractivity contribution is 0.0521. The van der Waals surface area contributed by atoms with E-state index >= 15 is 0 Å². The van der Waals surface area contributed by atoms with Crippen LogP contribution in [0.1, 0.15) is 27.8 Å². The van der Waals surface area contributed by atoms with Gasteiger partial charge in [0.05, 0.1) is 6.61 Å². The minimum Gasteiger partial charge on any atom is -0.461 e. The first-order valence-electron chi connectivity index (χ1n) is 7.17. The van der Waals surface area contributed by atoms with Gasteiger partial charge in [-0.15, -0.1) is 0 Å². The first-order valence-corrected chi connectivity index (χ1v) is 7.55. The van der Waals surface area contributed by atoms with E-state index in [1.54, 1.807) is 35.7 Å². The van der Waals surface area contributed by atoms with Crippen molar-refractivity contribution in [3.8, 4) is 0 Å². The van der Waals surface area contributed by atoms with Gasteiger partial charge in [0.1, 0.15) is 10.8 Å². The zero-order chi connectivity index (χ0) is 17.1. The van der Waals surface area contributed by atoms with E-state index in [1.165, 1.54) is 18.3 Å². The summed E-state index contributed by atoms with van der Waals surface area (Å²) in [7, 11) is 0. The van der Waals surface area contributed by atoms with Crippen molar-refractivity contribution in [1.29, 1.82) is 0 Å². The molecule has 0 saturated heterocycles. The molecule has 122 valence electrons. The third kappa shape index (κ3) is 3.07. The normalized spacial score (nSPS) is 10.6. The second-order valence-corrected chi connectivity index (χ2v) is 5.17. The number of nitrogens with one attached hydrogen (secondary N) is 1. The topological polar surface area (TPSA) is 85.6 Å². The summed E-state index contributed by atoms with van der Waals surface area (Å²) < 4.78 is 6.61. The molecule has 24 heavy (non-hydrogen) atoms. The predicted octanol–water partition coefficient (Wildman–Crippen LogP) is 2.81. The Morgan fingerprint density at radius 3 is 2.92 bits per heavy atom. The predicted molar refractivity (Wildman–Crippen MR) is 88.3 cm³/mol. The Bertz CT molecular complexity index is 923. The van der Waals surface area contributed by atoms with Gasteiger partial charge in [-0.25, -0.2) is 14.8 Å². The average Bonchev–Trinajstić information content (AvgIpc) is 2.94. The quantitative estimate of drug-likeness (QED) is 0.581. The molecule has 0 atom stereocenters. The van der Waals surface area contributed by atoms with Gasteiger partial charge in [0.15, 0.2) is 11.5 Å². The third-order valence-electron chi connectivity index (χ3n) is 3.22. The van der Waals surface area contributed by atoms with Gasteiger partial charge in [-0.2, -0.15) is 0 Å². The lowest BCUT2D eigenvalue weighted by atomic mass is 10.2. The van der Waals surface area contributed by atoms with E-state index in [-0.39, 0.29) is 23.3 Å². The highest BCUT2D eigenvalue weighted by Crippen LogP contribution is 2.20. The Kier molecular flexibility index (Phi) is 4.43. The number of halogens is 1. The molecule has 3 rings (SSSR count). The van der Waals surface area contributed by atoms with Gasteiger partial charge in [-0.1, -0.05) is 17.7 Å². The summed E-state index contributed by atoms with van der Waals surface area (Å²) in [6.07, 6.45) is 3.12. The molecule has 3 aromatic rings. The van der Waals surface area contributed by atoms with E-state index in [0.717, 1.165) is 0 Å². The van der Waals surface area contributed by atoms with Crippen molar-refractivity contribution in [3.05, 3.63) is 59.1 Å². The molecule has 0 aliphatic rings. The van der Waals surface area contributed by atoms with E-state index in [1.807, 2.05) is 0 Å². The van der Waals surface area contributed by atoms with Crippen molar-refractivity contribution >= 4 is 34.9 Å². The number of esters is 1. The smallest absolute Gasteiger partial charge is 0.360 e. The van der Waals surface area contributed by atoms with Gasteiger partial charge < -0.3 is 10.1 Å². The Hall–Kier alpha value is -2.93. The summed E-state index contributed by atoms with van der Waals surface area (Å²) in [6.45, 7) is 1.91. The van der Waals surface area contributed by atoms with Crippen LogP contribution < -0.4 is 5.32 Å². The molecule has 8 heteroatoms. The monoisotopic (exact) mass is 344 g/mol. The first-order chi connectivity index (χ1) is 11.6. The molecule has 3 aromatic heterocycles. The number of carbonyl (C=O) groups is 2. The highest BCUT2D eigenvalue weighted by Gasteiger charge is 2.22. The fourth-order valence-electron chi connectivity index (χ4n) is 2.18. The zero-order valence-electron chi connectivity index (χ0n) is 12.7. The molecule has 0 unspecified atom stereocenters. The summed E-state index contributed by atoms with van der Waals surface area (Å²) in [5, 5.41) is 2.89. The van der Waals surface area contributed by atoms with E-state index in [4.69, 9.17) is 16.3 Å². The van der Waals surface area contributed by atoms with Gasteiger partial charge in [-0.05, 0) is 31.2 Å². The fourth-order valence-corrected chi connectivity index (χ4v) is 2.35. The summed E-state index contributed by atoms with van der Waals surface area (Å²) in [5.74, 6) is -0.804. The summed E-state index contributed by atoms with van der Waals surface area (Å²) in [4.78, 5) is 32.6. The highest BCUT2D eigenvalue weighted by atomic mass is 35.5. The Morgan fingerprint density at radius 2 is 2.17 bits per heavy atom. The van der Waals surface area contributed by atoms with Crippen molar-refractivity contribution in [2.45, 2.75) is 6.92 Å². The van der Waals surface area contributed by atoms with Crippen LogP contribution in [-0.2, 0) is 4.74 Å². The maximum Gasteiger partial charge on any atom is 0.360 e. The summed E-state index contributed by atoms with van der Waals surface area (Å²) in [5.41, 5.74) is 0.871. The Morgan fingerprint density at radius 1 is 1.33 bits per heavy atom. The number of ether oxygens (including phenoxy) is 1. The van der Waals surface area contributed by atoms with Crippen LogP contribution in [0.5, 0.6) is 0 Å². The number of hydrogen-bond acceptors (Lipinski definition) is 5. The SMILES string of the molecule is CCOC(=O)c1nc2ccccn2c1NC(=O)c1ccnc(Cl)c1. The molecule has 0 fully saturated rings. The van der Waals surface area contributed by atoms with Crippen LogP contribution in [0.2, 0.25) is 5.15 Å². The van der Waals surface area contributed by atoms with Crippen LogP contribution >= 0.6 is 11.6 Å².